The Labute approximate surface area is 169 Å². The van der Waals surface area contributed by atoms with E-state index in [1.54, 1.807) is 17.8 Å². The fourth-order valence-electron chi connectivity index (χ4n) is 3.14. The minimum Gasteiger partial charge on any atom is -0.485 e. The number of nitriles is 2. The highest BCUT2D eigenvalue weighted by molar-refractivity contribution is 7.99. The third kappa shape index (κ3) is 3.65. The van der Waals surface area contributed by atoms with Crippen molar-refractivity contribution in [1.29, 1.82) is 10.5 Å². The highest BCUT2D eigenvalue weighted by atomic mass is 32.2. The van der Waals surface area contributed by atoms with E-state index in [4.69, 9.17) is 14.2 Å². The molecule has 3 rings (SSSR count). The van der Waals surface area contributed by atoms with Crippen LogP contribution in [0.4, 0.5) is 11.4 Å². The van der Waals surface area contributed by atoms with Crippen molar-refractivity contribution in [2.45, 2.75) is 29.4 Å². The van der Waals surface area contributed by atoms with Crippen LogP contribution in [0, 0.1) is 22.7 Å². The van der Waals surface area contributed by atoms with Gasteiger partial charge in [0.2, 0.25) is 0 Å². The van der Waals surface area contributed by atoms with Gasteiger partial charge in [0.1, 0.15) is 24.3 Å². The number of rotatable bonds is 7. The first-order chi connectivity index (χ1) is 13.7. The van der Waals surface area contributed by atoms with Gasteiger partial charge >= 0.3 is 0 Å². The van der Waals surface area contributed by atoms with Gasteiger partial charge in [-0.1, -0.05) is 30.8 Å². The predicted octanol–water partition coefficient (Wildman–Crippen LogP) is 4.44. The number of hydrogen-bond donors (Lipinski definition) is 0. The Morgan fingerprint density at radius 3 is 2.50 bits per heavy atom. The molecule has 0 atom stereocenters. The number of fused-ring (bicyclic) bond motifs is 2. The second-order valence-electron chi connectivity index (χ2n) is 6.13. The van der Waals surface area contributed by atoms with E-state index in [0.717, 1.165) is 34.1 Å². The van der Waals surface area contributed by atoms with E-state index < -0.39 is 6.29 Å². The summed E-state index contributed by atoms with van der Waals surface area (Å²) >= 11 is 1.58. The van der Waals surface area contributed by atoms with E-state index >= 15 is 0 Å². The zero-order valence-electron chi connectivity index (χ0n) is 16.1. The molecule has 1 aliphatic rings. The van der Waals surface area contributed by atoms with Crippen LogP contribution in [-0.4, -0.2) is 33.7 Å². The molecule has 1 aliphatic heterocycles. The van der Waals surface area contributed by atoms with Gasteiger partial charge in [0, 0.05) is 30.6 Å². The number of benzene rings is 2. The molecular weight excluding hydrogens is 374 g/mol. The van der Waals surface area contributed by atoms with Gasteiger partial charge in [0.15, 0.2) is 12.0 Å². The lowest BCUT2D eigenvalue weighted by molar-refractivity contribution is -0.121. The lowest BCUT2D eigenvalue weighted by Gasteiger charge is -2.34. The molecule has 28 heavy (non-hydrogen) atoms. The van der Waals surface area contributed by atoms with E-state index in [2.05, 4.69) is 36.1 Å². The minimum absolute atomic E-state index is 0.106. The van der Waals surface area contributed by atoms with E-state index in [-0.39, 0.29) is 12.2 Å². The van der Waals surface area contributed by atoms with Crippen molar-refractivity contribution in [3.63, 3.8) is 0 Å². The topological polar surface area (TPSA) is 78.5 Å². The van der Waals surface area contributed by atoms with E-state index in [0.29, 0.717) is 11.3 Å². The molecule has 2 aromatic carbocycles. The third-order valence-electron chi connectivity index (χ3n) is 4.44. The second kappa shape index (κ2) is 8.99. The van der Waals surface area contributed by atoms with Gasteiger partial charge in [-0.15, -0.1) is 0 Å². The Balaban J connectivity index is 2.18. The van der Waals surface area contributed by atoms with E-state index in [9.17, 15) is 10.5 Å². The number of methoxy groups -OCH3 is 2. The van der Waals surface area contributed by atoms with Crippen LogP contribution in [0.15, 0.2) is 40.1 Å². The maximum Gasteiger partial charge on any atom is 0.191 e. The summed E-state index contributed by atoms with van der Waals surface area (Å²) in [4.78, 5) is 4.16. The predicted molar refractivity (Wildman–Crippen MR) is 107 cm³/mol. The maximum absolute atomic E-state index is 9.75. The monoisotopic (exact) mass is 395 g/mol. The lowest BCUT2D eigenvalue weighted by Crippen LogP contribution is -2.26. The van der Waals surface area contributed by atoms with Crippen molar-refractivity contribution >= 4 is 23.1 Å². The Bertz CT molecular complexity index is 945. The number of anilines is 2. The SMILES string of the molecule is CCCN1c2ccccc2Sc2cc(C#N)c(C#N)c(OCC(OC)OC)c21. The van der Waals surface area contributed by atoms with Crippen LogP contribution in [0.25, 0.3) is 0 Å². The van der Waals surface area contributed by atoms with Gasteiger partial charge in [-0.25, -0.2) is 0 Å². The molecule has 0 amide bonds. The molecule has 6 nitrogen and oxygen atoms in total. The molecule has 0 aliphatic carbocycles. The Hall–Kier alpha value is -2.71. The van der Waals surface area contributed by atoms with Gasteiger partial charge < -0.3 is 19.1 Å². The molecule has 0 saturated carbocycles. The highest BCUT2D eigenvalue weighted by Crippen LogP contribution is 2.53. The second-order valence-corrected chi connectivity index (χ2v) is 7.22. The van der Waals surface area contributed by atoms with Crippen LogP contribution in [0.3, 0.4) is 0 Å². The van der Waals surface area contributed by atoms with E-state index in [1.165, 1.54) is 14.2 Å². The molecule has 0 radical (unpaired) electrons. The molecule has 7 heteroatoms. The summed E-state index contributed by atoms with van der Waals surface area (Å²) in [6.07, 6.45) is 0.342. The molecule has 0 unspecified atom stereocenters. The van der Waals surface area contributed by atoms with Gasteiger partial charge in [-0.3, -0.25) is 0 Å². The number of nitrogens with zero attached hydrogens (tertiary/aromatic N) is 3. The molecule has 144 valence electrons. The Kier molecular flexibility index (Phi) is 6.43. The average Bonchev–Trinajstić information content (AvgIpc) is 2.73. The molecule has 2 aromatic rings. The van der Waals surface area contributed by atoms with Crippen LogP contribution in [0.5, 0.6) is 5.75 Å². The van der Waals surface area contributed by atoms with Crippen molar-refractivity contribution in [3.8, 4) is 17.9 Å². The molecule has 0 saturated heterocycles. The first-order valence-corrected chi connectivity index (χ1v) is 9.74. The average molecular weight is 395 g/mol. The summed E-state index contributed by atoms with van der Waals surface area (Å²) in [5.74, 6) is 0.395. The standard InChI is InChI=1S/C21H21N3O3S/c1-4-9-24-16-7-5-6-8-17(16)28-18-10-14(11-22)15(12-23)21(20(18)24)27-13-19(25-2)26-3/h5-8,10,19H,4,9,13H2,1-3H3. The molecule has 0 aromatic heterocycles. The highest BCUT2D eigenvalue weighted by Gasteiger charge is 2.30. The van der Waals surface area contributed by atoms with Crippen molar-refractivity contribution in [1.82, 2.24) is 0 Å². The van der Waals surface area contributed by atoms with Gasteiger partial charge in [0.25, 0.3) is 0 Å². The molecule has 1 heterocycles. The fraction of sp³-hybridized carbons (Fsp3) is 0.333. The van der Waals surface area contributed by atoms with Crippen molar-refractivity contribution in [3.05, 3.63) is 41.5 Å². The first kappa shape index (κ1) is 20.0. The summed E-state index contributed by atoms with van der Waals surface area (Å²) in [5.41, 5.74) is 2.40. The molecule has 0 spiro atoms. The van der Waals surface area contributed by atoms with Crippen LogP contribution in [-0.2, 0) is 9.47 Å². The number of hydrogen-bond acceptors (Lipinski definition) is 7. The fourth-order valence-corrected chi connectivity index (χ4v) is 4.28. The zero-order valence-corrected chi connectivity index (χ0v) is 16.9. The Morgan fingerprint density at radius 2 is 1.86 bits per heavy atom. The minimum atomic E-state index is -0.573. The third-order valence-corrected chi connectivity index (χ3v) is 5.53. The van der Waals surface area contributed by atoms with Gasteiger partial charge in [0.05, 0.1) is 16.9 Å². The molecule has 0 bridgehead atoms. The summed E-state index contributed by atoms with van der Waals surface area (Å²) in [5, 5.41) is 19.3. The van der Waals surface area contributed by atoms with Crippen molar-refractivity contribution in [2.75, 3.05) is 32.3 Å². The Morgan fingerprint density at radius 1 is 1.11 bits per heavy atom. The van der Waals surface area contributed by atoms with Gasteiger partial charge in [-0.2, -0.15) is 10.5 Å². The first-order valence-electron chi connectivity index (χ1n) is 8.92. The quantitative estimate of drug-likeness (QED) is 0.641. The largest absolute Gasteiger partial charge is 0.485 e. The van der Waals surface area contributed by atoms with Crippen LogP contribution in [0.1, 0.15) is 24.5 Å². The van der Waals surface area contributed by atoms with Crippen LogP contribution >= 0.6 is 11.8 Å². The van der Waals surface area contributed by atoms with Crippen molar-refractivity contribution < 1.29 is 14.2 Å². The van der Waals surface area contributed by atoms with E-state index in [1.807, 2.05) is 12.1 Å². The van der Waals surface area contributed by atoms with Crippen molar-refractivity contribution in [2.24, 2.45) is 0 Å². The zero-order chi connectivity index (χ0) is 20.1. The normalized spacial score (nSPS) is 12.1. The summed E-state index contributed by atoms with van der Waals surface area (Å²) in [6, 6.07) is 14.1. The molecular formula is C21H21N3O3S. The van der Waals surface area contributed by atoms with Crippen LogP contribution in [0.2, 0.25) is 0 Å². The number of para-hydroxylation sites is 1. The maximum atomic E-state index is 9.75. The lowest BCUT2D eigenvalue weighted by atomic mass is 10.0. The summed E-state index contributed by atoms with van der Waals surface area (Å²) in [7, 11) is 3.05. The number of ether oxygens (including phenoxy) is 3. The molecule has 0 N–H and O–H groups in total. The summed E-state index contributed by atoms with van der Waals surface area (Å²) < 4.78 is 16.4. The smallest absolute Gasteiger partial charge is 0.191 e. The summed E-state index contributed by atoms with van der Waals surface area (Å²) in [6.45, 7) is 2.97. The molecule has 0 fully saturated rings. The van der Waals surface area contributed by atoms with Crippen LogP contribution < -0.4 is 9.64 Å². The van der Waals surface area contributed by atoms with Gasteiger partial charge in [-0.05, 0) is 24.6 Å².